The zero-order valence-corrected chi connectivity index (χ0v) is 15.7. The zero-order valence-electron chi connectivity index (χ0n) is 15.0. The van der Waals surface area contributed by atoms with E-state index in [0.717, 1.165) is 35.2 Å². The first kappa shape index (κ1) is 19.6. The van der Waals surface area contributed by atoms with Crippen LogP contribution in [0, 0.1) is 18.3 Å². The van der Waals surface area contributed by atoms with Crippen molar-refractivity contribution in [3.05, 3.63) is 76.0 Å². The minimum absolute atomic E-state index is 0.0430. The van der Waals surface area contributed by atoms with Crippen LogP contribution in [0.2, 0.25) is 5.02 Å². The fraction of sp³-hybridized carbons (Fsp3) is 0.238. The fourth-order valence-electron chi connectivity index (χ4n) is 2.61. The Kier molecular flexibility index (Phi) is 7.25. The number of hydrogen-bond acceptors (Lipinski definition) is 3. The summed E-state index contributed by atoms with van der Waals surface area (Å²) in [6.07, 6.45) is 3.01. The van der Waals surface area contributed by atoms with Gasteiger partial charge in [0, 0.05) is 23.5 Å². The maximum atomic E-state index is 12.4. The van der Waals surface area contributed by atoms with Gasteiger partial charge in [-0.1, -0.05) is 48.9 Å². The summed E-state index contributed by atoms with van der Waals surface area (Å²) >= 11 is 5.96. The van der Waals surface area contributed by atoms with Crippen LogP contribution in [-0.4, -0.2) is 12.5 Å². The number of nitrogens with one attached hydrogen (secondary N) is 2. The third-order valence-corrected chi connectivity index (χ3v) is 4.27. The van der Waals surface area contributed by atoms with Crippen molar-refractivity contribution in [2.75, 3.05) is 11.9 Å². The van der Waals surface area contributed by atoms with E-state index >= 15 is 0 Å². The van der Waals surface area contributed by atoms with Crippen molar-refractivity contribution in [2.45, 2.75) is 26.7 Å². The molecule has 0 fully saturated rings. The highest BCUT2D eigenvalue weighted by Gasteiger charge is 2.12. The molecule has 2 N–H and O–H groups in total. The van der Waals surface area contributed by atoms with Crippen molar-refractivity contribution in [1.29, 1.82) is 5.26 Å². The molecule has 2 aromatic carbocycles. The molecule has 0 heterocycles. The molecule has 0 radical (unpaired) electrons. The standard InChI is InChI=1S/C21H22ClN3O/c1-3-17-8-4-6-15(2)20(17)25-21(26)18(13-23)14-24-11-10-16-7-5-9-19(22)12-16/h4-9,12,14,24H,3,10-11H2,1-2H3,(H,25,26)/b18-14-. The number of nitriles is 1. The Balaban J connectivity index is 1.98. The predicted octanol–water partition coefficient (Wildman–Crippen LogP) is 4.39. The number of para-hydroxylation sites is 1. The summed E-state index contributed by atoms with van der Waals surface area (Å²) in [6.45, 7) is 4.57. The predicted molar refractivity (Wildman–Crippen MR) is 106 cm³/mol. The molecule has 0 saturated heterocycles. The minimum Gasteiger partial charge on any atom is -0.389 e. The molecule has 4 nitrogen and oxygen atoms in total. The van der Waals surface area contributed by atoms with Gasteiger partial charge in [0.25, 0.3) is 5.91 Å². The number of hydrogen-bond donors (Lipinski definition) is 2. The summed E-state index contributed by atoms with van der Waals surface area (Å²) in [7, 11) is 0. The van der Waals surface area contributed by atoms with Crippen LogP contribution in [0.4, 0.5) is 5.69 Å². The van der Waals surface area contributed by atoms with Gasteiger partial charge in [0.1, 0.15) is 11.6 Å². The summed E-state index contributed by atoms with van der Waals surface area (Å²) < 4.78 is 0. The Hall–Kier alpha value is -2.77. The summed E-state index contributed by atoms with van der Waals surface area (Å²) in [5, 5.41) is 15.9. The number of carbonyl (C=O) groups excluding carboxylic acids is 1. The number of aryl methyl sites for hydroxylation is 2. The lowest BCUT2D eigenvalue weighted by Gasteiger charge is -2.12. The Labute approximate surface area is 159 Å². The van der Waals surface area contributed by atoms with E-state index in [-0.39, 0.29) is 5.57 Å². The molecule has 0 aliphatic carbocycles. The van der Waals surface area contributed by atoms with Gasteiger partial charge in [-0.2, -0.15) is 5.26 Å². The van der Waals surface area contributed by atoms with Crippen LogP contribution < -0.4 is 10.6 Å². The van der Waals surface area contributed by atoms with Crippen molar-refractivity contribution in [2.24, 2.45) is 0 Å². The minimum atomic E-state index is -0.410. The molecule has 5 heteroatoms. The molecular weight excluding hydrogens is 346 g/mol. The van der Waals surface area contributed by atoms with Crippen LogP contribution in [0.1, 0.15) is 23.6 Å². The molecular formula is C21H22ClN3O. The van der Waals surface area contributed by atoms with Gasteiger partial charge in [-0.3, -0.25) is 4.79 Å². The van der Waals surface area contributed by atoms with Gasteiger partial charge < -0.3 is 10.6 Å². The average molecular weight is 368 g/mol. The van der Waals surface area contributed by atoms with Crippen LogP contribution in [-0.2, 0) is 17.6 Å². The van der Waals surface area contributed by atoms with Gasteiger partial charge in [0.15, 0.2) is 0 Å². The Morgan fingerprint density at radius 1 is 1.27 bits per heavy atom. The molecule has 0 bridgehead atoms. The van der Waals surface area contributed by atoms with Gasteiger partial charge in [0.05, 0.1) is 0 Å². The fourth-order valence-corrected chi connectivity index (χ4v) is 2.83. The highest BCUT2D eigenvalue weighted by Crippen LogP contribution is 2.21. The smallest absolute Gasteiger partial charge is 0.267 e. The molecule has 134 valence electrons. The quantitative estimate of drug-likeness (QED) is 0.433. The van der Waals surface area contributed by atoms with Crippen molar-refractivity contribution in [3.63, 3.8) is 0 Å². The summed E-state index contributed by atoms with van der Waals surface area (Å²) in [4.78, 5) is 12.4. The molecule has 0 aromatic heterocycles. The summed E-state index contributed by atoms with van der Waals surface area (Å²) in [5.74, 6) is -0.410. The second-order valence-corrected chi connectivity index (χ2v) is 6.36. The van der Waals surface area contributed by atoms with Crippen molar-refractivity contribution in [3.8, 4) is 6.07 Å². The Bertz CT molecular complexity index is 853. The number of anilines is 1. The molecule has 2 rings (SSSR count). The van der Waals surface area contributed by atoms with Gasteiger partial charge in [-0.25, -0.2) is 0 Å². The first-order valence-corrected chi connectivity index (χ1v) is 8.91. The number of halogens is 1. The normalized spacial score (nSPS) is 10.9. The van der Waals surface area contributed by atoms with E-state index in [1.165, 1.54) is 6.20 Å². The van der Waals surface area contributed by atoms with E-state index in [9.17, 15) is 10.1 Å². The average Bonchev–Trinajstić information content (AvgIpc) is 2.63. The summed E-state index contributed by atoms with van der Waals surface area (Å²) in [6, 6.07) is 15.4. The maximum Gasteiger partial charge on any atom is 0.267 e. The monoisotopic (exact) mass is 367 g/mol. The van der Waals surface area contributed by atoms with Crippen LogP contribution in [0.3, 0.4) is 0 Å². The Morgan fingerprint density at radius 2 is 2.04 bits per heavy atom. The number of nitrogens with zero attached hydrogens (tertiary/aromatic N) is 1. The van der Waals surface area contributed by atoms with Gasteiger partial charge in [-0.05, 0) is 48.6 Å². The van der Waals surface area contributed by atoms with E-state index in [2.05, 4.69) is 10.6 Å². The molecule has 0 unspecified atom stereocenters. The van der Waals surface area contributed by atoms with E-state index in [1.807, 2.05) is 62.4 Å². The first-order valence-electron chi connectivity index (χ1n) is 8.53. The topological polar surface area (TPSA) is 64.9 Å². The van der Waals surface area contributed by atoms with E-state index < -0.39 is 5.91 Å². The van der Waals surface area contributed by atoms with Crippen molar-refractivity contribution >= 4 is 23.2 Å². The van der Waals surface area contributed by atoms with E-state index in [0.29, 0.717) is 11.6 Å². The second kappa shape index (κ2) is 9.65. The molecule has 0 saturated carbocycles. The van der Waals surface area contributed by atoms with Crippen molar-refractivity contribution in [1.82, 2.24) is 5.32 Å². The van der Waals surface area contributed by atoms with Crippen LogP contribution in [0.5, 0.6) is 0 Å². The molecule has 0 spiro atoms. The van der Waals surface area contributed by atoms with Crippen LogP contribution in [0.15, 0.2) is 54.2 Å². The number of benzene rings is 2. The number of carbonyl (C=O) groups is 1. The number of amides is 1. The highest BCUT2D eigenvalue weighted by atomic mass is 35.5. The third-order valence-electron chi connectivity index (χ3n) is 4.04. The maximum absolute atomic E-state index is 12.4. The van der Waals surface area contributed by atoms with Crippen LogP contribution in [0.25, 0.3) is 0 Å². The molecule has 0 aliphatic heterocycles. The van der Waals surface area contributed by atoms with Gasteiger partial charge >= 0.3 is 0 Å². The molecule has 26 heavy (non-hydrogen) atoms. The zero-order chi connectivity index (χ0) is 18.9. The van der Waals surface area contributed by atoms with E-state index in [4.69, 9.17) is 11.6 Å². The lowest BCUT2D eigenvalue weighted by atomic mass is 10.1. The van der Waals surface area contributed by atoms with Gasteiger partial charge in [0.2, 0.25) is 0 Å². The molecule has 1 amide bonds. The third kappa shape index (κ3) is 5.37. The molecule has 2 aromatic rings. The largest absolute Gasteiger partial charge is 0.389 e. The summed E-state index contributed by atoms with van der Waals surface area (Å²) in [5.41, 5.74) is 3.93. The highest BCUT2D eigenvalue weighted by molar-refractivity contribution is 6.30. The van der Waals surface area contributed by atoms with Crippen molar-refractivity contribution < 1.29 is 4.79 Å². The second-order valence-electron chi connectivity index (χ2n) is 5.92. The molecule has 0 aliphatic rings. The lowest BCUT2D eigenvalue weighted by Crippen LogP contribution is -2.19. The Morgan fingerprint density at radius 3 is 2.73 bits per heavy atom. The molecule has 0 atom stereocenters. The first-order chi connectivity index (χ1) is 12.5. The van der Waals surface area contributed by atoms with Crippen LogP contribution >= 0.6 is 11.6 Å². The number of rotatable bonds is 7. The van der Waals surface area contributed by atoms with Gasteiger partial charge in [-0.15, -0.1) is 0 Å². The van der Waals surface area contributed by atoms with E-state index in [1.54, 1.807) is 0 Å². The SMILES string of the molecule is CCc1cccc(C)c1NC(=O)/C(C#N)=C\NCCc1cccc(Cl)c1. The lowest BCUT2D eigenvalue weighted by molar-refractivity contribution is -0.112.